The van der Waals surface area contributed by atoms with Crippen molar-refractivity contribution >= 4 is 20.4 Å². The fourth-order valence-corrected chi connectivity index (χ4v) is 8.83. The second-order valence-corrected chi connectivity index (χ2v) is 13.1. The Labute approximate surface area is 194 Å². The molecule has 0 aliphatic rings. The number of benzene rings is 3. The third-order valence-electron chi connectivity index (χ3n) is 4.68. The van der Waals surface area contributed by atoms with Crippen LogP contribution in [0.15, 0.2) is 99.6 Å². The molecule has 0 unspecified atom stereocenters. The Morgan fingerprint density at radius 2 is 1.19 bits per heavy atom. The fourth-order valence-electron chi connectivity index (χ4n) is 3.31. The van der Waals surface area contributed by atoms with Crippen molar-refractivity contribution in [3.8, 4) is 5.75 Å². The second kappa shape index (κ2) is 10.1. The minimum Gasteiger partial charge on any atom is -0.488 e. The van der Waals surface area contributed by atoms with Crippen molar-refractivity contribution in [1.82, 2.24) is 0 Å². The van der Waals surface area contributed by atoms with Gasteiger partial charge in [0.1, 0.15) is 11.4 Å². The summed E-state index contributed by atoms with van der Waals surface area (Å²) in [5.74, 6) is 0.716. The van der Waals surface area contributed by atoms with Gasteiger partial charge in [0.15, 0.2) is 0 Å². The molecule has 0 heterocycles. The molecule has 0 atom stereocenters. The molecule has 6 heteroatoms. The van der Waals surface area contributed by atoms with Gasteiger partial charge in [-0.2, -0.15) is 8.42 Å². The largest absolute Gasteiger partial charge is 0.488 e. The number of unbranched alkanes of at least 4 members (excludes halogenated alkanes) is 1. The van der Waals surface area contributed by atoms with Crippen molar-refractivity contribution < 1.29 is 16.8 Å². The molecule has 0 N–H and O–H groups in total. The van der Waals surface area contributed by atoms with Gasteiger partial charge in [0.2, 0.25) is 0 Å². The zero-order chi connectivity index (χ0) is 23.2. The summed E-state index contributed by atoms with van der Waals surface area (Å²) in [6, 6.07) is 26.9. The predicted molar refractivity (Wildman–Crippen MR) is 132 cm³/mol. The molecule has 32 heavy (non-hydrogen) atoms. The van der Waals surface area contributed by atoms with Crippen LogP contribution in [-0.4, -0.2) is 19.8 Å². The molecule has 172 valence electrons. The van der Waals surface area contributed by atoms with E-state index in [1.165, 1.54) is 0 Å². The Morgan fingerprint density at radius 1 is 0.719 bits per heavy atom. The Morgan fingerprint density at radius 3 is 1.62 bits per heavy atom. The predicted octanol–water partition coefficient (Wildman–Crippen LogP) is 7.21. The van der Waals surface area contributed by atoms with E-state index in [0.717, 1.165) is 26.9 Å². The van der Waals surface area contributed by atoms with Gasteiger partial charge in [-0.15, -0.1) is 0 Å². The van der Waals surface area contributed by atoms with E-state index in [0.29, 0.717) is 6.42 Å². The van der Waals surface area contributed by atoms with E-state index in [1.54, 1.807) is 0 Å². The van der Waals surface area contributed by atoms with Crippen LogP contribution in [0, 0.1) is 0 Å². The lowest BCUT2D eigenvalue weighted by molar-refractivity contribution is 0.131. The Hall–Kier alpha value is -2.28. The quantitative estimate of drug-likeness (QED) is 0.330. The maximum Gasteiger partial charge on any atom is 0.277 e. The minimum atomic E-state index is -3.78. The third-order valence-corrected chi connectivity index (χ3v) is 9.93. The first-order valence-corrected chi connectivity index (χ1v) is 14.0. The first kappa shape index (κ1) is 24.4. The van der Waals surface area contributed by atoms with E-state index in [-0.39, 0.29) is 11.4 Å². The highest BCUT2D eigenvalue weighted by molar-refractivity contribution is 8.33. The average molecular weight is 473 g/mol. The summed E-state index contributed by atoms with van der Waals surface area (Å²) in [5.41, 5.74) is -0.329. The lowest BCUT2D eigenvalue weighted by Crippen LogP contribution is -2.23. The lowest BCUT2D eigenvalue weighted by atomic mass is 10.2. The molecule has 4 nitrogen and oxygen atoms in total. The molecular formula is C26H32O4S2. The van der Waals surface area contributed by atoms with Gasteiger partial charge < -0.3 is 4.74 Å². The SMILES string of the molecule is CCCCS(=O)(=O)OS(c1ccccc1)(c1ccccc1)c1ccc(OC(C)(C)C)cc1. The summed E-state index contributed by atoms with van der Waals surface area (Å²) in [4.78, 5) is 2.46. The van der Waals surface area contributed by atoms with E-state index in [4.69, 9.17) is 8.37 Å². The van der Waals surface area contributed by atoms with Crippen molar-refractivity contribution in [2.75, 3.05) is 5.75 Å². The van der Waals surface area contributed by atoms with Crippen LogP contribution in [0.5, 0.6) is 5.75 Å². The molecule has 3 rings (SSSR count). The third kappa shape index (κ3) is 5.94. The smallest absolute Gasteiger partial charge is 0.277 e. The highest BCUT2D eigenvalue weighted by Crippen LogP contribution is 2.70. The summed E-state index contributed by atoms with van der Waals surface area (Å²) in [5, 5.41) is 0. The maximum absolute atomic E-state index is 13.2. The molecule has 0 fully saturated rings. The van der Waals surface area contributed by atoms with Crippen molar-refractivity contribution in [3.05, 3.63) is 84.9 Å². The van der Waals surface area contributed by atoms with Gasteiger partial charge in [0, 0.05) is 14.7 Å². The van der Waals surface area contributed by atoms with Crippen LogP contribution in [0.3, 0.4) is 0 Å². The molecule has 0 saturated heterocycles. The normalized spacial score (nSPS) is 13.0. The van der Waals surface area contributed by atoms with E-state index in [9.17, 15) is 8.42 Å². The van der Waals surface area contributed by atoms with Crippen LogP contribution in [0.2, 0.25) is 0 Å². The van der Waals surface area contributed by atoms with Crippen LogP contribution in [0.1, 0.15) is 40.5 Å². The molecule has 0 aromatic heterocycles. The second-order valence-electron chi connectivity index (χ2n) is 8.55. The highest BCUT2D eigenvalue weighted by atomic mass is 32.3. The van der Waals surface area contributed by atoms with Crippen molar-refractivity contribution in [1.29, 1.82) is 0 Å². The van der Waals surface area contributed by atoms with Crippen LogP contribution in [0.4, 0.5) is 0 Å². The fraction of sp³-hybridized carbons (Fsp3) is 0.308. The monoisotopic (exact) mass is 472 g/mol. The Bertz CT molecular complexity index is 1050. The molecule has 0 spiro atoms. The van der Waals surface area contributed by atoms with Crippen LogP contribution < -0.4 is 4.74 Å². The van der Waals surface area contributed by atoms with Gasteiger partial charge in [-0.05, 0) is 86.0 Å². The molecule has 0 amide bonds. The van der Waals surface area contributed by atoms with Gasteiger partial charge in [-0.25, -0.2) is 3.63 Å². The standard InChI is InChI=1S/C26H32O4S2/c1-5-6-21-31(27,28)30-32(23-13-9-7-10-14-23,24-15-11-8-12-16-24)25-19-17-22(18-20-25)29-26(2,3)4/h7-20H,5-6,21H2,1-4H3. The first-order chi connectivity index (χ1) is 15.2. The topological polar surface area (TPSA) is 52.6 Å². The molecule has 0 aliphatic carbocycles. The molecule has 3 aromatic rings. The molecule has 0 radical (unpaired) electrons. The van der Waals surface area contributed by atoms with Crippen LogP contribution in [-0.2, 0) is 13.7 Å². The van der Waals surface area contributed by atoms with E-state index in [2.05, 4.69) is 0 Å². The number of rotatable bonds is 9. The van der Waals surface area contributed by atoms with Gasteiger partial charge in [0.25, 0.3) is 10.1 Å². The molecule has 0 bridgehead atoms. The zero-order valence-electron chi connectivity index (χ0n) is 19.2. The molecule has 0 saturated carbocycles. The average Bonchev–Trinajstić information content (AvgIpc) is 2.77. The molecule has 3 aromatic carbocycles. The number of hydrogen-bond donors (Lipinski definition) is 0. The summed E-state index contributed by atoms with van der Waals surface area (Å²) in [6.45, 7) is 7.95. The molecule has 0 aliphatic heterocycles. The van der Waals surface area contributed by atoms with Crippen molar-refractivity contribution in [2.24, 2.45) is 0 Å². The summed E-state index contributed by atoms with van der Waals surface area (Å²) in [6.07, 6.45) is 1.33. The van der Waals surface area contributed by atoms with Crippen LogP contribution >= 0.6 is 10.3 Å². The van der Waals surface area contributed by atoms with Crippen molar-refractivity contribution in [3.63, 3.8) is 0 Å². The van der Waals surface area contributed by atoms with Gasteiger partial charge >= 0.3 is 0 Å². The summed E-state index contributed by atoms with van der Waals surface area (Å²) < 4.78 is 38.5. The minimum absolute atomic E-state index is 0.0108. The zero-order valence-corrected chi connectivity index (χ0v) is 20.8. The summed E-state index contributed by atoms with van der Waals surface area (Å²) >= 11 is 0. The lowest BCUT2D eigenvalue weighted by Gasteiger charge is -2.39. The number of ether oxygens (including phenoxy) is 1. The Kier molecular flexibility index (Phi) is 7.70. The van der Waals surface area contributed by atoms with Gasteiger partial charge in [0.05, 0.1) is 5.75 Å². The van der Waals surface area contributed by atoms with E-state index < -0.39 is 20.4 Å². The van der Waals surface area contributed by atoms with Crippen LogP contribution in [0.25, 0.3) is 0 Å². The number of hydrogen-bond acceptors (Lipinski definition) is 4. The van der Waals surface area contributed by atoms with E-state index >= 15 is 0 Å². The highest BCUT2D eigenvalue weighted by Gasteiger charge is 2.37. The maximum atomic E-state index is 13.2. The molecular weight excluding hydrogens is 440 g/mol. The Balaban J connectivity index is 2.22. The van der Waals surface area contributed by atoms with E-state index in [1.807, 2.05) is 113 Å². The summed E-state index contributed by atoms with van der Waals surface area (Å²) in [7, 11) is -6.30. The van der Waals surface area contributed by atoms with Crippen molar-refractivity contribution in [2.45, 2.75) is 60.8 Å². The van der Waals surface area contributed by atoms with Gasteiger partial charge in [-0.1, -0.05) is 49.7 Å². The first-order valence-electron chi connectivity index (χ1n) is 10.8. The van der Waals surface area contributed by atoms with Gasteiger partial charge in [-0.3, -0.25) is 0 Å².